The van der Waals surface area contributed by atoms with Crippen LogP contribution in [-0.4, -0.2) is 25.6 Å². The molecule has 0 spiro atoms. The Morgan fingerprint density at radius 3 is 3.00 bits per heavy atom. The van der Waals surface area contributed by atoms with Gasteiger partial charge in [0, 0.05) is 24.8 Å². The van der Waals surface area contributed by atoms with Crippen molar-refractivity contribution in [1.29, 1.82) is 0 Å². The monoisotopic (exact) mass is 262 g/mol. The lowest BCUT2D eigenvalue weighted by atomic mass is 10.1. The summed E-state index contributed by atoms with van der Waals surface area (Å²) in [4.78, 5) is 11.1. The van der Waals surface area contributed by atoms with Crippen LogP contribution in [0.5, 0.6) is 5.75 Å². The second-order valence-electron chi connectivity index (χ2n) is 4.40. The minimum absolute atomic E-state index is 0.0337. The minimum Gasteiger partial charge on any atom is -0.484 e. The summed E-state index contributed by atoms with van der Waals surface area (Å²) in [5.74, 6) is 0.544. The van der Waals surface area contributed by atoms with Gasteiger partial charge in [0.2, 0.25) is 0 Å². The van der Waals surface area contributed by atoms with Gasteiger partial charge in [-0.2, -0.15) is 0 Å². The summed E-state index contributed by atoms with van der Waals surface area (Å²) in [6, 6.07) is 7.99. The summed E-state index contributed by atoms with van der Waals surface area (Å²) in [6.45, 7) is 5.88. The fourth-order valence-corrected chi connectivity index (χ4v) is 1.62. The van der Waals surface area contributed by atoms with Crippen molar-refractivity contribution in [2.45, 2.75) is 25.8 Å². The number of benzene rings is 1. The van der Waals surface area contributed by atoms with Crippen LogP contribution in [0.3, 0.4) is 0 Å². The summed E-state index contributed by atoms with van der Waals surface area (Å²) in [7, 11) is 1.59. The standard InChI is InChI=1S/C15H22N2O2/c1-4-5-7-12(2)17-13-8-6-9-14(10-13)19-11-15(18)16-3/h4,6,8-10,12,17H,1,5,7,11H2,2-3H3,(H,16,18). The van der Waals surface area contributed by atoms with Crippen molar-refractivity contribution in [1.82, 2.24) is 5.32 Å². The number of anilines is 1. The number of rotatable bonds is 8. The Bertz CT molecular complexity index is 418. The number of nitrogens with one attached hydrogen (secondary N) is 2. The van der Waals surface area contributed by atoms with Crippen LogP contribution >= 0.6 is 0 Å². The van der Waals surface area contributed by atoms with Gasteiger partial charge in [-0.3, -0.25) is 4.79 Å². The molecule has 1 aromatic carbocycles. The first kappa shape index (κ1) is 15.1. The molecule has 1 unspecified atom stereocenters. The first-order chi connectivity index (χ1) is 9.15. The Morgan fingerprint density at radius 2 is 2.32 bits per heavy atom. The van der Waals surface area contributed by atoms with Gasteiger partial charge in [-0.25, -0.2) is 0 Å². The predicted octanol–water partition coefficient (Wildman–Crippen LogP) is 2.58. The fourth-order valence-electron chi connectivity index (χ4n) is 1.62. The van der Waals surface area contributed by atoms with Crippen LogP contribution in [-0.2, 0) is 4.79 Å². The van der Waals surface area contributed by atoms with Gasteiger partial charge in [-0.15, -0.1) is 6.58 Å². The Balaban J connectivity index is 2.51. The molecule has 4 nitrogen and oxygen atoms in total. The van der Waals surface area contributed by atoms with Crippen molar-refractivity contribution in [3.05, 3.63) is 36.9 Å². The number of likely N-dealkylation sites (N-methyl/N-ethyl adjacent to an activating group) is 1. The van der Waals surface area contributed by atoms with Crippen LogP contribution in [0.15, 0.2) is 36.9 Å². The first-order valence-electron chi connectivity index (χ1n) is 6.46. The number of hydrogen-bond acceptors (Lipinski definition) is 3. The van der Waals surface area contributed by atoms with E-state index in [1.165, 1.54) is 0 Å². The van der Waals surface area contributed by atoms with Gasteiger partial charge in [0.1, 0.15) is 5.75 Å². The molecular weight excluding hydrogens is 240 g/mol. The number of ether oxygens (including phenoxy) is 1. The molecule has 0 aliphatic rings. The van der Waals surface area contributed by atoms with Crippen LogP contribution in [0.1, 0.15) is 19.8 Å². The Morgan fingerprint density at radius 1 is 1.53 bits per heavy atom. The molecule has 0 radical (unpaired) electrons. The lowest BCUT2D eigenvalue weighted by Crippen LogP contribution is -2.24. The second-order valence-corrected chi connectivity index (χ2v) is 4.40. The van der Waals surface area contributed by atoms with Crippen LogP contribution < -0.4 is 15.4 Å². The van der Waals surface area contributed by atoms with Crippen molar-refractivity contribution in [2.75, 3.05) is 19.0 Å². The van der Waals surface area contributed by atoms with E-state index < -0.39 is 0 Å². The fraction of sp³-hybridized carbons (Fsp3) is 0.400. The molecule has 0 aliphatic carbocycles. The zero-order valence-corrected chi connectivity index (χ0v) is 11.6. The molecule has 1 aromatic rings. The molecule has 0 bridgehead atoms. The maximum absolute atomic E-state index is 11.1. The number of amides is 1. The van der Waals surface area contributed by atoms with Crippen LogP contribution in [0, 0.1) is 0 Å². The highest BCUT2D eigenvalue weighted by Crippen LogP contribution is 2.18. The predicted molar refractivity (Wildman–Crippen MR) is 78.5 cm³/mol. The molecular formula is C15H22N2O2. The Labute approximate surface area is 114 Å². The van der Waals surface area contributed by atoms with E-state index in [1.807, 2.05) is 30.3 Å². The maximum Gasteiger partial charge on any atom is 0.257 e. The lowest BCUT2D eigenvalue weighted by Gasteiger charge is -2.15. The van der Waals surface area contributed by atoms with Gasteiger partial charge in [0.15, 0.2) is 6.61 Å². The Hall–Kier alpha value is -1.97. The number of hydrogen-bond donors (Lipinski definition) is 2. The number of allylic oxidation sites excluding steroid dienone is 1. The molecule has 19 heavy (non-hydrogen) atoms. The van der Waals surface area contributed by atoms with E-state index in [9.17, 15) is 4.79 Å². The average Bonchev–Trinajstić information content (AvgIpc) is 2.43. The normalized spacial score (nSPS) is 11.5. The van der Waals surface area contributed by atoms with Crippen molar-refractivity contribution in [2.24, 2.45) is 0 Å². The van der Waals surface area contributed by atoms with E-state index in [2.05, 4.69) is 24.1 Å². The maximum atomic E-state index is 11.1. The molecule has 104 valence electrons. The van der Waals surface area contributed by atoms with E-state index >= 15 is 0 Å². The zero-order valence-electron chi connectivity index (χ0n) is 11.6. The molecule has 0 fully saturated rings. The summed E-state index contributed by atoms with van der Waals surface area (Å²) in [6.07, 6.45) is 3.94. The topological polar surface area (TPSA) is 50.4 Å². The number of carbonyl (C=O) groups is 1. The smallest absolute Gasteiger partial charge is 0.257 e. The van der Waals surface area contributed by atoms with E-state index in [1.54, 1.807) is 7.05 Å². The number of carbonyl (C=O) groups excluding carboxylic acids is 1. The Kier molecular flexibility index (Phi) is 6.50. The second kappa shape index (κ2) is 8.19. The molecule has 1 rings (SSSR count). The largest absolute Gasteiger partial charge is 0.484 e. The van der Waals surface area contributed by atoms with Crippen molar-refractivity contribution in [3.63, 3.8) is 0 Å². The van der Waals surface area contributed by atoms with Gasteiger partial charge in [0.25, 0.3) is 5.91 Å². The molecule has 4 heteroatoms. The van der Waals surface area contributed by atoms with Crippen LogP contribution in [0.25, 0.3) is 0 Å². The molecule has 2 N–H and O–H groups in total. The highest BCUT2D eigenvalue weighted by Gasteiger charge is 2.03. The SMILES string of the molecule is C=CCCC(C)Nc1cccc(OCC(=O)NC)c1. The summed E-state index contributed by atoms with van der Waals surface area (Å²) >= 11 is 0. The zero-order chi connectivity index (χ0) is 14.1. The minimum atomic E-state index is -0.141. The van der Waals surface area contributed by atoms with Crippen molar-refractivity contribution in [3.8, 4) is 5.75 Å². The molecule has 1 atom stereocenters. The van der Waals surface area contributed by atoms with Gasteiger partial charge in [0.05, 0.1) is 0 Å². The third-order valence-electron chi connectivity index (χ3n) is 2.70. The van der Waals surface area contributed by atoms with E-state index in [0.717, 1.165) is 18.5 Å². The molecule has 0 saturated heterocycles. The van der Waals surface area contributed by atoms with E-state index in [-0.39, 0.29) is 12.5 Å². The van der Waals surface area contributed by atoms with Gasteiger partial charge >= 0.3 is 0 Å². The van der Waals surface area contributed by atoms with Crippen molar-refractivity contribution < 1.29 is 9.53 Å². The highest BCUT2D eigenvalue weighted by atomic mass is 16.5. The molecule has 0 saturated carbocycles. The van der Waals surface area contributed by atoms with Crippen LogP contribution in [0.4, 0.5) is 5.69 Å². The first-order valence-corrected chi connectivity index (χ1v) is 6.46. The van der Waals surface area contributed by atoms with Gasteiger partial charge < -0.3 is 15.4 Å². The van der Waals surface area contributed by atoms with Crippen molar-refractivity contribution >= 4 is 11.6 Å². The lowest BCUT2D eigenvalue weighted by molar-refractivity contribution is -0.122. The van der Waals surface area contributed by atoms with Gasteiger partial charge in [-0.1, -0.05) is 12.1 Å². The summed E-state index contributed by atoms with van der Waals surface area (Å²) in [5.41, 5.74) is 0.992. The quantitative estimate of drug-likeness (QED) is 0.708. The molecule has 0 aromatic heterocycles. The van der Waals surface area contributed by atoms with E-state index in [4.69, 9.17) is 4.74 Å². The summed E-state index contributed by atoms with van der Waals surface area (Å²) in [5, 5.41) is 5.91. The molecule has 1 amide bonds. The highest BCUT2D eigenvalue weighted by molar-refractivity contribution is 5.77. The van der Waals surface area contributed by atoms with E-state index in [0.29, 0.717) is 11.8 Å². The summed E-state index contributed by atoms with van der Waals surface area (Å²) < 4.78 is 5.39. The molecule has 0 aliphatic heterocycles. The third kappa shape index (κ3) is 5.95. The van der Waals surface area contributed by atoms with Gasteiger partial charge in [-0.05, 0) is 31.9 Å². The molecule has 0 heterocycles. The average molecular weight is 262 g/mol. The van der Waals surface area contributed by atoms with Crippen LogP contribution in [0.2, 0.25) is 0 Å². The third-order valence-corrected chi connectivity index (χ3v) is 2.70.